The number of hydrogen-bond donors (Lipinski definition) is 1. The van der Waals surface area contributed by atoms with E-state index < -0.39 is 10.0 Å². The van der Waals surface area contributed by atoms with Crippen LogP contribution < -0.4 is 15.0 Å². The van der Waals surface area contributed by atoms with Crippen LogP contribution in [0.3, 0.4) is 0 Å². The highest BCUT2D eigenvalue weighted by Crippen LogP contribution is 2.17. The van der Waals surface area contributed by atoms with Crippen LogP contribution in [0.15, 0.2) is 76.4 Å². The highest BCUT2D eigenvalue weighted by Gasteiger charge is 2.14. The summed E-state index contributed by atoms with van der Waals surface area (Å²) in [5.41, 5.74) is 1.23. The van der Waals surface area contributed by atoms with Crippen LogP contribution in [0.1, 0.15) is 0 Å². The van der Waals surface area contributed by atoms with E-state index in [4.69, 9.17) is 4.74 Å². The van der Waals surface area contributed by atoms with Crippen LogP contribution in [0.5, 0.6) is 5.75 Å². The molecule has 8 heteroatoms. The molecule has 0 atom stereocenters. The van der Waals surface area contributed by atoms with Crippen molar-refractivity contribution < 1.29 is 13.2 Å². The lowest BCUT2D eigenvalue weighted by Gasteiger charge is -2.10. The normalized spacial score (nSPS) is 11.3. The van der Waals surface area contributed by atoms with Crippen LogP contribution in [0.2, 0.25) is 0 Å². The Morgan fingerprint density at radius 2 is 1.81 bits per heavy atom. The van der Waals surface area contributed by atoms with Gasteiger partial charge in [0.2, 0.25) is 10.0 Å². The molecular formula is C19H19N3O4S. The molecule has 0 aliphatic heterocycles. The van der Waals surface area contributed by atoms with Crippen LogP contribution in [0.25, 0.3) is 11.3 Å². The Labute approximate surface area is 157 Å². The molecule has 0 bridgehead atoms. The molecule has 0 radical (unpaired) electrons. The molecule has 2 aromatic carbocycles. The third-order valence-corrected chi connectivity index (χ3v) is 5.36. The third kappa shape index (κ3) is 4.60. The summed E-state index contributed by atoms with van der Waals surface area (Å²) in [5, 5.41) is 4.31. The highest BCUT2D eigenvalue weighted by molar-refractivity contribution is 7.89. The maximum absolute atomic E-state index is 12.4. The molecular weight excluding hydrogens is 366 g/mol. The summed E-state index contributed by atoms with van der Waals surface area (Å²) in [6.07, 6.45) is 0. The smallest absolute Gasteiger partial charge is 0.266 e. The van der Waals surface area contributed by atoms with Crippen molar-refractivity contribution in [1.82, 2.24) is 14.5 Å². The van der Waals surface area contributed by atoms with Gasteiger partial charge in [0.05, 0.1) is 24.2 Å². The second-order valence-corrected chi connectivity index (χ2v) is 7.49. The lowest BCUT2D eigenvalue weighted by atomic mass is 10.1. The quantitative estimate of drug-likeness (QED) is 0.671. The van der Waals surface area contributed by atoms with Gasteiger partial charge in [-0.1, -0.05) is 36.4 Å². The van der Waals surface area contributed by atoms with E-state index >= 15 is 0 Å². The number of sulfonamides is 1. The van der Waals surface area contributed by atoms with Gasteiger partial charge in [0.25, 0.3) is 5.56 Å². The van der Waals surface area contributed by atoms with Crippen molar-refractivity contribution in [1.29, 1.82) is 0 Å². The van der Waals surface area contributed by atoms with Gasteiger partial charge in [0, 0.05) is 24.2 Å². The van der Waals surface area contributed by atoms with Crippen molar-refractivity contribution in [3.63, 3.8) is 0 Å². The number of aromatic nitrogens is 2. The van der Waals surface area contributed by atoms with Crippen molar-refractivity contribution in [3.05, 3.63) is 77.1 Å². The molecule has 7 nitrogen and oxygen atoms in total. The van der Waals surface area contributed by atoms with Gasteiger partial charge in [-0.25, -0.2) is 17.8 Å². The highest BCUT2D eigenvalue weighted by atomic mass is 32.2. The van der Waals surface area contributed by atoms with Crippen molar-refractivity contribution >= 4 is 10.0 Å². The molecule has 27 heavy (non-hydrogen) atoms. The zero-order valence-electron chi connectivity index (χ0n) is 14.7. The standard InChI is InChI=1S/C19H19N3O4S/c1-26-16-8-5-9-17(14-16)27(24,25)20-12-13-22-19(23)11-10-18(21-22)15-6-3-2-4-7-15/h2-11,14,20H,12-13H2,1H3. The van der Waals surface area contributed by atoms with Gasteiger partial charge >= 0.3 is 0 Å². The number of hydrogen-bond acceptors (Lipinski definition) is 5. The Kier molecular flexibility index (Phi) is 5.68. The average molecular weight is 385 g/mol. The maximum atomic E-state index is 12.4. The predicted octanol–water partition coefficient (Wildman–Crippen LogP) is 1.90. The third-order valence-electron chi connectivity index (χ3n) is 3.90. The van der Waals surface area contributed by atoms with Gasteiger partial charge in [-0.05, 0) is 18.2 Å². The van der Waals surface area contributed by atoms with E-state index in [1.807, 2.05) is 30.3 Å². The topological polar surface area (TPSA) is 90.3 Å². The number of nitrogens with one attached hydrogen (secondary N) is 1. The van der Waals surface area contributed by atoms with Crippen molar-refractivity contribution in [2.24, 2.45) is 0 Å². The van der Waals surface area contributed by atoms with Crippen LogP contribution in [-0.4, -0.2) is 31.9 Å². The number of rotatable bonds is 7. The zero-order valence-corrected chi connectivity index (χ0v) is 15.5. The maximum Gasteiger partial charge on any atom is 0.266 e. The summed E-state index contributed by atoms with van der Waals surface area (Å²) in [6.45, 7) is 0.146. The minimum Gasteiger partial charge on any atom is -0.497 e. The van der Waals surface area contributed by atoms with E-state index in [9.17, 15) is 13.2 Å². The van der Waals surface area contributed by atoms with E-state index in [0.717, 1.165) is 5.56 Å². The Morgan fingerprint density at radius 1 is 1.04 bits per heavy atom. The van der Waals surface area contributed by atoms with Crippen LogP contribution in [0, 0.1) is 0 Å². The molecule has 0 amide bonds. The molecule has 0 aliphatic rings. The second kappa shape index (κ2) is 8.15. The monoisotopic (exact) mass is 385 g/mol. The number of benzene rings is 2. The largest absolute Gasteiger partial charge is 0.497 e. The zero-order chi connectivity index (χ0) is 19.3. The minimum absolute atomic E-state index is 0.0324. The fourth-order valence-electron chi connectivity index (χ4n) is 2.51. The fourth-order valence-corrected chi connectivity index (χ4v) is 3.57. The van der Waals surface area contributed by atoms with E-state index in [1.165, 1.54) is 30.0 Å². The Hall–Kier alpha value is -2.97. The van der Waals surface area contributed by atoms with Crippen molar-refractivity contribution in [3.8, 4) is 17.0 Å². The van der Waals surface area contributed by atoms with Gasteiger partial charge in [-0.2, -0.15) is 5.10 Å². The SMILES string of the molecule is COc1cccc(S(=O)(=O)NCCn2nc(-c3ccccc3)ccc2=O)c1. The summed E-state index contributed by atoms with van der Waals surface area (Å²) in [7, 11) is -2.24. The molecule has 0 spiro atoms. The van der Waals surface area contributed by atoms with Crippen molar-refractivity contribution in [2.45, 2.75) is 11.4 Å². The van der Waals surface area contributed by atoms with Crippen LogP contribution in [-0.2, 0) is 16.6 Å². The predicted molar refractivity (Wildman–Crippen MR) is 102 cm³/mol. The lowest BCUT2D eigenvalue weighted by molar-refractivity contribution is 0.413. The first-order chi connectivity index (χ1) is 13.0. The van der Waals surface area contributed by atoms with Gasteiger partial charge in [0.1, 0.15) is 5.75 Å². The lowest BCUT2D eigenvalue weighted by Crippen LogP contribution is -2.32. The Morgan fingerprint density at radius 3 is 2.56 bits per heavy atom. The summed E-state index contributed by atoms with van der Waals surface area (Å²) >= 11 is 0. The minimum atomic E-state index is -3.71. The molecule has 0 saturated carbocycles. The van der Waals surface area contributed by atoms with Gasteiger partial charge in [-0.15, -0.1) is 0 Å². The first-order valence-corrected chi connectivity index (χ1v) is 9.75. The summed E-state index contributed by atoms with van der Waals surface area (Å²) in [6, 6.07) is 18.7. The van der Waals surface area contributed by atoms with Gasteiger partial charge in [0.15, 0.2) is 0 Å². The number of nitrogens with zero attached hydrogens (tertiary/aromatic N) is 2. The Balaban J connectivity index is 1.72. The molecule has 3 rings (SSSR count). The number of methoxy groups -OCH3 is 1. The van der Waals surface area contributed by atoms with E-state index in [0.29, 0.717) is 11.4 Å². The van der Waals surface area contributed by atoms with E-state index in [1.54, 1.807) is 18.2 Å². The van der Waals surface area contributed by atoms with Crippen molar-refractivity contribution in [2.75, 3.05) is 13.7 Å². The molecule has 0 aliphatic carbocycles. The molecule has 140 valence electrons. The Bertz CT molecular complexity index is 1080. The average Bonchev–Trinajstić information content (AvgIpc) is 2.70. The molecule has 3 aromatic rings. The summed E-state index contributed by atoms with van der Waals surface area (Å²) < 4.78 is 33.6. The van der Waals surface area contributed by atoms with Gasteiger partial charge in [-0.3, -0.25) is 4.79 Å². The van der Waals surface area contributed by atoms with E-state index in [-0.39, 0.29) is 23.5 Å². The number of ether oxygens (including phenoxy) is 1. The molecule has 0 fully saturated rings. The molecule has 0 saturated heterocycles. The molecule has 1 aromatic heterocycles. The van der Waals surface area contributed by atoms with Crippen LogP contribution >= 0.6 is 0 Å². The fraction of sp³-hybridized carbons (Fsp3) is 0.158. The molecule has 1 N–H and O–H groups in total. The first kappa shape index (κ1) is 18.8. The summed E-state index contributed by atoms with van der Waals surface area (Å²) in [5.74, 6) is 0.450. The van der Waals surface area contributed by atoms with E-state index in [2.05, 4.69) is 9.82 Å². The second-order valence-electron chi connectivity index (χ2n) is 5.72. The van der Waals surface area contributed by atoms with Crippen LogP contribution in [0.4, 0.5) is 0 Å². The molecule has 0 unspecified atom stereocenters. The summed E-state index contributed by atoms with van der Waals surface area (Å²) in [4.78, 5) is 12.1. The molecule has 1 heterocycles. The van der Waals surface area contributed by atoms with Gasteiger partial charge < -0.3 is 4.74 Å². The first-order valence-electron chi connectivity index (χ1n) is 8.27.